The molecule has 1 atom stereocenters. The molecule has 16 heavy (non-hydrogen) atoms. The van der Waals surface area contributed by atoms with Crippen molar-refractivity contribution in [3.63, 3.8) is 0 Å². The highest BCUT2D eigenvalue weighted by molar-refractivity contribution is 9.09. The van der Waals surface area contributed by atoms with E-state index in [1.54, 1.807) is 0 Å². The Kier molecular flexibility index (Phi) is 4.92. The first-order valence-corrected chi connectivity index (χ1v) is 7.81. The van der Waals surface area contributed by atoms with Gasteiger partial charge in [-0.05, 0) is 30.2 Å². The van der Waals surface area contributed by atoms with Gasteiger partial charge in [0.2, 0.25) is 0 Å². The van der Waals surface area contributed by atoms with E-state index in [0.29, 0.717) is 5.33 Å². The van der Waals surface area contributed by atoms with Gasteiger partial charge in [-0.3, -0.25) is 0 Å². The average molecular weight is 309 g/mol. The van der Waals surface area contributed by atoms with Crippen LogP contribution in [0, 0.1) is 11.7 Å². The smallest absolute Gasteiger partial charge is 0.178 e. The van der Waals surface area contributed by atoms with Gasteiger partial charge >= 0.3 is 0 Å². The van der Waals surface area contributed by atoms with E-state index in [1.807, 2.05) is 6.92 Å². The Hall–Kier alpha value is -0.420. The zero-order valence-electron chi connectivity index (χ0n) is 8.99. The Balaban J connectivity index is 2.89. The molecule has 1 rings (SSSR count). The van der Waals surface area contributed by atoms with Gasteiger partial charge in [0.25, 0.3) is 0 Å². The van der Waals surface area contributed by atoms with Crippen LogP contribution in [0.5, 0.6) is 0 Å². The summed E-state index contributed by atoms with van der Waals surface area (Å²) in [4.78, 5) is 0.188. The monoisotopic (exact) mass is 308 g/mol. The maximum atomic E-state index is 12.7. The van der Waals surface area contributed by atoms with E-state index < -0.39 is 15.7 Å². The summed E-state index contributed by atoms with van der Waals surface area (Å²) in [7, 11) is -3.30. The van der Waals surface area contributed by atoms with Crippen LogP contribution < -0.4 is 0 Å². The third-order valence-corrected chi connectivity index (χ3v) is 5.24. The lowest BCUT2D eigenvalue weighted by Crippen LogP contribution is -2.17. The van der Waals surface area contributed by atoms with Gasteiger partial charge in [0.05, 0.1) is 10.6 Å². The number of halogens is 2. The normalized spacial score (nSPS) is 13.7. The van der Waals surface area contributed by atoms with Gasteiger partial charge in [-0.2, -0.15) is 0 Å². The molecule has 0 aliphatic heterocycles. The van der Waals surface area contributed by atoms with Gasteiger partial charge in [-0.1, -0.05) is 29.3 Å². The van der Waals surface area contributed by atoms with Crippen LogP contribution in [0.15, 0.2) is 29.2 Å². The van der Waals surface area contributed by atoms with Crippen molar-refractivity contribution in [2.75, 3.05) is 11.1 Å². The molecule has 1 unspecified atom stereocenters. The van der Waals surface area contributed by atoms with Gasteiger partial charge in [0, 0.05) is 5.33 Å². The summed E-state index contributed by atoms with van der Waals surface area (Å²) in [6, 6.07) is 4.96. The molecule has 0 aliphatic rings. The van der Waals surface area contributed by atoms with E-state index in [9.17, 15) is 12.8 Å². The highest BCUT2D eigenvalue weighted by Crippen LogP contribution is 2.17. The first-order chi connectivity index (χ1) is 7.49. The SMILES string of the molecule is CCC(CBr)CS(=O)(=O)c1ccc(F)cc1. The van der Waals surface area contributed by atoms with Crippen molar-refractivity contribution in [1.29, 1.82) is 0 Å². The second kappa shape index (κ2) is 5.77. The summed E-state index contributed by atoms with van der Waals surface area (Å²) in [6.07, 6.45) is 0.797. The Morgan fingerprint density at radius 1 is 1.31 bits per heavy atom. The number of hydrogen-bond donors (Lipinski definition) is 0. The van der Waals surface area contributed by atoms with Crippen LogP contribution in [-0.4, -0.2) is 19.5 Å². The van der Waals surface area contributed by atoms with Crippen molar-refractivity contribution in [2.45, 2.75) is 18.2 Å². The largest absolute Gasteiger partial charge is 0.224 e. The first-order valence-electron chi connectivity index (χ1n) is 5.04. The average Bonchev–Trinajstić information content (AvgIpc) is 2.26. The molecule has 0 bridgehead atoms. The lowest BCUT2D eigenvalue weighted by molar-refractivity contribution is 0.568. The van der Waals surface area contributed by atoms with Crippen molar-refractivity contribution in [1.82, 2.24) is 0 Å². The van der Waals surface area contributed by atoms with Gasteiger partial charge < -0.3 is 0 Å². The molecule has 1 aromatic carbocycles. The van der Waals surface area contributed by atoms with Gasteiger partial charge in [-0.15, -0.1) is 0 Å². The molecular weight excluding hydrogens is 295 g/mol. The molecule has 0 amide bonds. The minimum atomic E-state index is -3.30. The van der Waals surface area contributed by atoms with Crippen LogP contribution in [0.2, 0.25) is 0 Å². The molecule has 0 fully saturated rings. The molecule has 0 aliphatic carbocycles. The van der Waals surface area contributed by atoms with Crippen molar-refractivity contribution < 1.29 is 12.8 Å². The van der Waals surface area contributed by atoms with Gasteiger partial charge in [0.15, 0.2) is 9.84 Å². The number of rotatable bonds is 5. The van der Waals surface area contributed by atoms with Crippen molar-refractivity contribution in [3.05, 3.63) is 30.1 Å². The number of sulfone groups is 1. The Bertz CT molecular complexity index is 424. The van der Waals surface area contributed by atoms with E-state index in [4.69, 9.17) is 0 Å². The van der Waals surface area contributed by atoms with Crippen LogP contribution in [0.4, 0.5) is 4.39 Å². The topological polar surface area (TPSA) is 34.1 Å². The number of alkyl halides is 1. The lowest BCUT2D eigenvalue weighted by Gasteiger charge is -2.11. The Morgan fingerprint density at radius 2 is 1.88 bits per heavy atom. The minimum Gasteiger partial charge on any atom is -0.224 e. The fourth-order valence-electron chi connectivity index (χ4n) is 1.32. The molecule has 0 N–H and O–H groups in total. The minimum absolute atomic E-state index is 0.0926. The quantitative estimate of drug-likeness (QED) is 0.619. The van der Waals surface area contributed by atoms with E-state index in [2.05, 4.69) is 15.9 Å². The highest BCUT2D eigenvalue weighted by atomic mass is 79.9. The van der Waals surface area contributed by atoms with E-state index >= 15 is 0 Å². The second-order valence-electron chi connectivity index (χ2n) is 3.66. The zero-order valence-corrected chi connectivity index (χ0v) is 11.4. The Labute approximate surface area is 104 Å². The fourth-order valence-corrected chi connectivity index (χ4v) is 4.03. The molecule has 90 valence electrons. The maximum absolute atomic E-state index is 12.7. The predicted octanol–water partition coefficient (Wildman–Crippen LogP) is 3.02. The summed E-state index contributed by atoms with van der Waals surface area (Å²) in [5.74, 6) is -0.234. The summed E-state index contributed by atoms with van der Waals surface area (Å²) in [6.45, 7) is 1.95. The molecule has 0 heterocycles. The summed E-state index contributed by atoms with van der Waals surface area (Å²) < 4.78 is 36.5. The molecule has 1 aromatic rings. The molecule has 2 nitrogen and oxygen atoms in total. The molecule has 0 saturated heterocycles. The zero-order chi connectivity index (χ0) is 12.2. The van der Waals surface area contributed by atoms with Gasteiger partial charge in [0.1, 0.15) is 5.82 Å². The third kappa shape index (κ3) is 3.56. The van der Waals surface area contributed by atoms with Gasteiger partial charge in [-0.25, -0.2) is 12.8 Å². The van der Waals surface area contributed by atoms with Crippen LogP contribution in [-0.2, 0) is 9.84 Å². The van der Waals surface area contributed by atoms with Crippen LogP contribution in [0.3, 0.4) is 0 Å². The van der Waals surface area contributed by atoms with Crippen molar-refractivity contribution >= 4 is 25.8 Å². The molecule has 5 heteroatoms. The second-order valence-corrected chi connectivity index (χ2v) is 6.35. The molecule has 0 aromatic heterocycles. The summed E-state index contributed by atoms with van der Waals surface area (Å²) in [5, 5.41) is 0.657. The first kappa shape index (κ1) is 13.6. The number of benzene rings is 1. The molecule has 0 saturated carbocycles. The molecular formula is C11H14BrFO2S. The van der Waals surface area contributed by atoms with Crippen molar-refractivity contribution in [2.24, 2.45) is 5.92 Å². The lowest BCUT2D eigenvalue weighted by atomic mass is 10.2. The number of hydrogen-bond acceptors (Lipinski definition) is 2. The third-order valence-electron chi connectivity index (χ3n) is 2.42. The van der Waals surface area contributed by atoms with E-state index in [1.165, 1.54) is 24.3 Å². The van der Waals surface area contributed by atoms with E-state index in [0.717, 1.165) is 6.42 Å². The maximum Gasteiger partial charge on any atom is 0.178 e. The summed E-state index contributed by atoms with van der Waals surface area (Å²) in [5.41, 5.74) is 0. The fraction of sp³-hybridized carbons (Fsp3) is 0.455. The van der Waals surface area contributed by atoms with Crippen molar-refractivity contribution in [3.8, 4) is 0 Å². The van der Waals surface area contributed by atoms with Crippen LogP contribution >= 0.6 is 15.9 Å². The predicted molar refractivity (Wildman–Crippen MR) is 66.0 cm³/mol. The standard InChI is InChI=1S/C11H14BrFO2S/c1-2-9(7-12)8-16(14,15)11-5-3-10(13)4-6-11/h3-6,9H,2,7-8H2,1H3. The highest BCUT2D eigenvalue weighted by Gasteiger charge is 2.19. The van der Waals surface area contributed by atoms with Crippen LogP contribution in [0.25, 0.3) is 0 Å². The van der Waals surface area contributed by atoms with E-state index in [-0.39, 0.29) is 16.6 Å². The summed E-state index contributed by atoms with van der Waals surface area (Å²) >= 11 is 3.29. The molecule has 0 spiro atoms. The molecule has 0 radical (unpaired) electrons. The van der Waals surface area contributed by atoms with Crippen LogP contribution in [0.1, 0.15) is 13.3 Å². The Morgan fingerprint density at radius 3 is 2.31 bits per heavy atom.